The summed E-state index contributed by atoms with van der Waals surface area (Å²) in [6.45, 7) is 11.4. The van der Waals surface area contributed by atoms with Crippen molar-refractivity contribution in [3.05, 3.63) is 35.4 Å². The topological polar surface area (TPSA) is 165 Å². The van der Waals surface area contributed by atoms with Crippen LogP contribution in [0.15, 0.2) is 24.3 Å². The predicted octanol–water partition coefficient (Wildman–Crippen LogP) is 5.11. The van der Waals surface area contributed by atoms with E-state index in [1.807, 2.05) is 13.0 Å². The molecule has 0 aromatic heterocycles. The highest BCUT2D eigenvalue weighted by atomic mass is 32.3. The molecule has 0 aliphatic carbocycles. The highest BCUT2D eigenvalue weighted by molar-refractivity contribution is 7.88. The average molecular weight is 752 g/mol. The van der Waals surface area contributed by atoms with Gasteiger partial charge < -0.3 is 42.6 Å². The molecule has 0 saturated carbocycles. The molecule has 0 amide bonds. The van der Waals surface area contributed by atoms with Crippen molar-refractivity contribution in [3.8, 4) is 5.75 Å². The standard InChI is InChI=1S/C36H65NO13S/c1-3-5-6-7-8-9-10-12-34-13-14-36(35(33-34)11-4-2)48-31-29-46-27-25-44-23-21-42-19-17-40-15-16-41-18-20-43-22-24-45-26-28-47-30-32-49-51(38,39)50-37/h4,11,13-14,33H,3,5-10,12,15-32,37H2,1-2H3/q+1/b11-4+. The summed E-state index contributed by atoms with van der Waals surface area (Å²) in [5.41, 5.74) is 2.48. The third kappa shape index (κ3) is 30.6. The molecule has 51 heavy (non-hydrogen) atoms. The van der Waals surface area contributed by atoms with Gasteiger partial charge in [-0.25, -0.2) is 0 Å². The van der Waals surface area contributed by atoms with Crippen LogP contribution >= 0.6 is 0 Å². The van der Waals surface area contributed by atoms with Gasteiger partial charge in [0.15, 0.2) is 0 Å². The van der Waals surface area contributed by atoms with E-state index in [-0.39, 0.29) is 19.8 Å². The van der Waals surface area contributed by atoms with Crippen LogP contribution in [0.2, 0.25) is 0 Å². The van der Waals surface area contributed by atoms with Gasteiger partial charge in [-0.1, -0.05) is 63.7 Å². The van der Waals surface area contributed by atoms with E-state index < -0.39 is 10.8 Å². The first kappa shape index (κ1) is 47.5. The molecule has 297 valence electrons. The van der Waals surface area contributed by atoms with Gasteiger partial charge in [0.25, 0.3) is 0 Å². The maximum atomic E-state index is 10.8. The van der Waals surface area contributed by atoms with Crippen molar-refractivity contribution in [1.82, 2.24) is 0 Å². The lowest BCUT2D eigenvalue weighted by molar-refractivity contribution is -0.0242. The first-order valence-electron chi connectivity index (χ1n) is 18.3. The van der Waals surface area contributed by atoms with Crippen LogP contribution in [0.1, 0.15) is 69.9 Å². The number of rotatable bonds is 39. The zero-order chi connectivity index (χ0) is 36.9. The van der Waals surface area contributed by atoms with Crippen molar-refractivity contribution in [2.24, 2.45) is 5.90 Å². The van der Waals surface area contributed by atoms with Crippen molar-refractivity contribution in [3.63, 3.8) is 0 Å². The summed E-state index contributed by atoms with van der Waals surface area (Å²) in [5.74, 6) is 5.42. The summed E-state index contributed by atoms with van der Waals surface area (Å²) < 4.78 is 79.2. The lowest BCUT2D eigenvalue weighted by atomic mass is 10.0. The Bertz CT molecular complexity index is 988. The lowest BCUT2D eigenvalue weighted by Gasteiger charge is -2.12. The van der Waals surface area contributed by atoms with Gasteiger partial charge in [-0.3, -0.25) is 0 Å². The molecular weight excluding hydrogens is 686 g/mol. The molecule has 0 fully saturated rings. The van der Waals surface area contributed by atoms with Gasteiger partial charge in [0, 0.05) is 9.77 Å². The van der Waals surface area contributed by atoms with E-state index >= 15 is 0 Å². The van der Waals surface area contributed by atoms with Gasteiger partial charge in [-0.05, 0) is 41.7 Å². The largest absolute Gasteiger partial charge is 0.564 e. The van der Waals surface area contributed by atoms with Crippen LogP contribution in [0.5, 0.6) is 5.75 Å². The number of allylic oxidation sites excluding steroid dienone is 1. The first-order valence-corrected chi connectivity index (χ1v) is 19.6. The third-order valence-corrected chi connectivity index (χ3v) is 7.84. The molecule has 0 bridgehead atoms. The van der Waals surface area contributed by atoms with E-state index in [4.69, 9.17) is 42.6 Å². The normalized spacial score (nSPS) is 12.9. The Morgan fingerprint density at radius 2 is 1.00 bits per heavy atom. The van der Waals surface area contributed by atoms with Gasteiger partial charge >= 0.3 is 10.8 Å². The second-order valence-corrected chi connectivity index (χ2v) is 12.6. The smallest absolute Gasteiger partial charge is 0.491 e. The van der Waals surface area contributed by atoms with Gasteiger partial charge in [0.05, 0.1) is 106 Å². The summed E-state index contributed by atoms with van der Waals surface area (Å²) in [5, 5.41) is 0. The maximum absolute atomic E-state index is 10.8. The second kappa shape index (κ2) is 35.5. The van der Waals surface area contributed by atoms with E-state index in [9.17, 15) is 8.76 Å². The number of hydrogen-bond acceptors (Lipinski definition) is 13. The minimum Gasteiger partial charge on any atom is -0.491 e. The molecule has 0 aliphatic heterocycles. The molecule has 15 heteroatoms. The van der Waals surface area contributed by atoms with Crippen LogP contribution in [0.25, 0.3) is 6.08 Å². The summed E-state index contributed by atoms with van der Waals surface area (Å²) in [6, 6.07) is 6.51. The zero-order valence-electron chi connectivity index (χ0n) is 31.1. The Morgan fingerprint density at radius 1 is 0.588 bits per heavy atom. The van der Waals surface area contributed by atoms with Gasteiger partial charge in [-0.15, -0.1) is 4.18 Å². The Kier molecular flexibility index (Phi) is 33.0. The quantitative estimate of drug-likeness (QED) is 0.0537. The molecule has 1 atom stereocenters. The fourth-order valence-corrected chi connectivity index (χ4v) is 4.88. The molecule has 1 aromatic carbocycles. The Balaban J connectivity index is 1.83. The molecule has 1 aromatic rings. The zero-order valence-corrected chi connectivity index (χ0v) is 31.9. The Morgan fingerprint density at radius 3 is 1.43 bits per heavy atom. The van der Waals surface area contributed by atoms with E-state index in [1.54, 1.807) is 0 Å². The Hall–Kier alpha value is -1.57. The molecular formula is C36H65NO13S+. The maximum Gasteiger partial charge on any atom is 0.564 e. The van der Waals surface area contributed by atoms with E-state index in [2.05, 4.69) is 45.6 Å². The highest BCUT2D eigenvalue weighted by Gasteiger charge is 2.32. The van der Waals surface area contributed by atoms with E-state index in [1.165, 1.54) is 50.5 Å². The number of aryl methyl sites for hydroxylation is 1. The number of nitrogens with two attached hydrogens (primary N) is 1. The number of ether oxygens (including phenoxy) is 9. The first-order chi connectivity index (χ1) is 25.0. The molecule has 1 rings (SSSR count). The highest BCUT2D eigenvalue weighted by Crippen LogP contribution is 2.23. The summed E-state index contributed by atoms with van der Waals surface area (Å²) in [6.07, 6.45) is 14.5. The Labute approximate surface area is 307 Å². The minimum absolute atomic E-state index is 0.0637. The van der Waals surface area contributed by atoms with Gasteiger partial charge in [0.2, 0.25) is 0 Å². The second-order valence-electron chi connectivity index (χ2n) is 11.3. The van der Waals surface area contributed by atoms with Crippen LogP contribution in [-0.2, 0) is 72.3 Å². The molecule has 0 heterocycles. The number of benzene rings is 1. The van der Waals surface area contributed by atoms with Gasteiger partial charge in [0.1, 0.15) is 23.5 Å². The van der Waals surface area contributed by atoms with Crippen molar-refractivity contribution in [1.29, 1.82) is 0 Å². The van der Waals surface area contributed by atoms with Crippen molar-refractivity contribution >= 4 is 16.9 Å². The van der Waals surface area contributed by atoms with Crippen molar-refractivity contribution < 1.29 is 59.9 Å². The fraction of sp³-hybridized carbons (Fsp3) is 0.778. The monoisotopic (exact) mass is 751 g/mol. The molecule has 0 aliphatic rings. The number of hydrogen-bond donors (Lipinski definition) is 1. The summed E-state index contributed by atoms with van der Waals surface area (Å²) >= 11 is 0. The van der Waals surface area contributed by atoms with Crippen molar-refractivity contribution in [2.75, 3.05) is 119 Å². The third-order valence-electron chi connectivity index (χ3n) is 7.15. The molecule has 0 spiro atoms. The molecule has 0 saturated heterocycles. The number of unbranched alkanes of at least 4 members (excludes halogenated alkanes) is 6. The predicted molar refractivity (Wildman–Crippen MR) is 195 cm³/mol. The van der Waals surface area contributed by atoms with Crippen LogP contribution in [-0.4, -0.2) is 119 Å². The average Bonchev–Trinajstić information content (AvgIpc) is 3.13. The minimum atomic E-state index is -4.14. The van der Waals surface area contributed by atoms with Gasteiger partial charge in [-0.2, -0.15) is 5.90 Å². The SMILES string of the molecule is C/C=C/c1cc(CCCCCCCCC)ccc1OCCOCCOCCOCCOCCOCCOCCOCCOCCO[S+]([O])(=O)ON. The van der Waals surface area contributed by atoms with Crippen molar-refractivity contribution in [2.45, 2.75) is 65.2 Å². The molecule has 14 nitrogen and oxygen atoms in total. The van der Waals surface area contributed by atoms with Crippen LogP contribution < -0.4 is 10.6 Å². The summed E-state index contributed by atoms with van der Waals surface area (Å²) in [4.78, 5) is 0. The van der Waals surface area contributed by atoms with E-state index in [0.29, 0.717) is 99.1 Å². The van der Waals surface area contributed by atoms with Crippen LogP contribution in [0, 0.1) is 0 Å². The van der Waals surface area contributed by atoms with Crippen LogP contribution in [0.4, 0.5) is 0 Å². The van der Waals surface area contributed by atoms with E-state index in [0.717, 1.165) is 17.7 Å². The molecule has 1 unspecified atom stereocenters. The molecule has 1 radical (unpaired) electrons. The fourth-order valence-electron chi connectivity index (χ4n) is 4.56. The summed E-state index contributed by atoms with van der Waals surface area (Å²) in [7, 11) is -4.14. The lowest BCUT2D eigenvalue weighted by Crippen LogP contribution is -2.22. The van der Waals surface area contributed by atoms with Crippen LogP contribution in [0.3, 0.4) is 0 Å². The molecule has 2 N–H and O–H groups in total.